The van der Waals surface area contributed by atoms with Gasteiger partial charge in [-0.1, -0.05) is 6.07 Å². The van der Waals surface area contributed by atoms with Gasteiger partial charge >= 0.3 is 5.97 Å². The van der Waals surface area contributed by atoms with Gasteiger partial charge in [0, 0.05) is 0 Å². The molecule has 1 N–H and O–H groups in total. The SMILES string of the molecule is Cc1nc2cc(C(C)C(=O)O)ccc2s1. The number of carboxylic acid groups (broad SMARTS) is 1. The molecule has 0 saturated heterocycles. The minimum Gasteiger partial charge on any atom is -0.481 e. The molecule has 0 saturated carbocycles. The molecule has 0 aliphatic heterocycles. The van der Waals surface area contributed by atoms with Crippen LogP contribution in [-0.4, -0.2) is 16.1 Å². The topological polar surface area (TPSA) is 50.2 Å². The van der Waals surface area contributed by atoms with Gasteiger partial charge in [0.1, 0.15) is 0 Å². The van der Waals surface area contributed by atoms with Gasteiger partial charge < -0.3 is 5.11 Å². The highest BCUT2D eigenvalue weighted by atomic mass is 32.1. The summed E-state index contributed by atoms with van der Waals surface area (Å²) in [6.45, 7) is 3.63. The maximum Gasteiger partial charge on any atom is 0.310 e. The quantitative estimate of drug-likeness (QED) is 0.848. The molecule has 2 aromatic rings. The molecule has 0 aliphatic carbocycles. The molecule has 0 amide bonds. The van der Waals surface area contributed by atoms with Gasteiger partial charge in [-0.05, 0) is 31.5 Å². The fourth-order valence-corrected chi connectivity index (χ4v) is 2.28. The maximum atomic E-state index is 10.8. The van der Waals surface area contributed by atoms with Gasteiger partial charge in [0.2, 0.25) is 0 Å². The molecule has 4 heteroatoms. The Balaban J connectivity index is 2.50. The van der Waals surface area contributed by atoms with E-state index < -0.39 is 11.9 Å². The molecule has 1 aromatic heterocycles. The standard InChI is InChI=1S/C11H11NO2S/c1-6(11(13)14)8-3-4-10-9(5-8)12-7(2)15-10/h3-6H,1-2H3,(H,13,14). The van der Waals surface area contributed by atoms with Crippen molar-refractivity contribution >= 4 is 27.5 Å². The second kappa shape index (κ2) is 3.62. The number of aromatic nitrogens is 1. The zero-order valence-electron chi connectivity index (χ0n) is 8.52. The minimum atomic E-state index is -0.804. The number of nitrogens with zero attached hydrogens (tertiary/aromatic N) is 1. The predicted octanol–water partition coefficient (Wildman–Crippen LogP) is 2.79. The number of aliphatic carboxylic acids is 1. The summed E-state index contributed by atoms with van der Waals surface area (Å²) in [7, 11) is 0. The molecule has 0 aliphatic rings. The van der Waals surface area contributed by atoms with Crippen molar-refractivity contribution < 1.29 is 9.90 Å². The Hall–Kier alpha value is -1.42. The number of carboxylic acids is 1. The van der Waals surface area contributed by atoms with Crippen LogP contribution in [0.2, 0.25) is 0 Å². The van der Waals surface area contributed by atoms with E-state index in [9.17, 15) is 4.79 Å². The van der Waals surface area contributed by atoms with Gasteiger partial charge in [0.25, 0.3) is 0 Å². The minimum absolute atomic E-state index is 0.476. The second-order valence-corrected chi connectivity index (χ2v) is 4.75. The van der Waals surface area contributed by atoms with Crippen molar-refractivity contribution in [3.8, 4) is 0 Å². The summed E-state index contributed by atoms with van der Waals surface area (Å²) in [5.41, 5.74) is 1.70. The van der Waals surface area contributed by atoms with Crippen LogP contribution in [0.5, 0.6) is 0 Å². The molecule has 1 unspecified atom stereocenters. The van der Waals surface area contributed by atoms with Crippen LogP contribution < -0.4 is 0 Å². The van der Waals surface area contributed by atoms with Gasteiger partial charge in [0.15, 0.2) is 0 Å². The Morgan fingerprint density at radius 3 is 2.93 bits per heavy atom. The van der Waals surface area contributed by atoms with E-state index in [0.717, 1.165) is 20.8 Å². The molecule has 2 rings (SSSR count). The summed E-state index contributed by atoms with van der Waals surface area (Å²) in [5.74, 6) is -1.28. The van der Waals surface area contributed by atoms with E-state index in [2.05, 4.69) is 4.98 Å². The third kappa shape index (κ3) is 1.85. The number of carbonyl (C=O) groups is 1. The van der Waals surface area contributed by atoms with Gasteiger partial charge in [-0.15, -0.1) is 11.3 Å². The molecule has 15 heavy (non-hydrogen) atoms. The predicted molar refractivity (Wildman–Crippen MR) is 60.4 cm³/mol. The second-order valence-electron chi connectivity index (χ2n) is 3.52. The smallest absolute Gasteiger partial charge is 0.310 e. The third-order valence-corrected chi connectivity index (χ3v) is 3.34. The van der Waals surface area contributed by atoms with Crippen LogP contribution in [0.4, 0.5) is 0 Å². The van der Waals surface area contributed by atoms with Gasteiger partial charge in [0.05, 0.1) is 21.1 Å². The molecule has 1 atom stereocenters. The molecule has 0 spiro atoms. The first-order valence-corrected chi connectivity index (χ1v) is 5.49. The molecule has 1 heterocycles. The van der Waals surface area contributed by atoms with Crippen molar-refractivity contribution in [3.05, 3.63) is 28.8 Å². The molecule has 3 nitrogen and oxygen atoms in total. The van der Waals surface area contributed by atoms with Crippen LogP contribution >= 0.6 is 11.3 Å². The first-order valence-electron chi connectivity index (χ1n) is 4.68. The maximum absolute atomic E-state index is 10.8. The lowest BCUT2D eigenvalue weighted by atomic mass is 10.0. The Kier molecular flexibility index (Phi) is 2.44. The highest BCUT2D eigenvalue weighted by molar-refractivity contribution is 7.18. The number of hydrogen-bond acceptors (Lipinski definition) is 3. The van der Waals surface area contributed by atoms with E-state index in [1.807, 2.05) is 25.1 Å². The monoisotopic (exact) mass is 221 g/mol. The highest BCUT2D eigenvalue weighted by Crippen LogP contribution is 2.25. The number of fused-ring (bicyclic) bond motifs is 1. The van der Waals surface area contributed by atoms with Crippen molar-refractivity contribution in [1.82, 2.24) is 4.98 Å². The molecule has 1 aromatic carbocycles. The van der Waals surface area contributed by atoms with E-state index in [-0.39, 0.29) is 0 Å². The molecular weight excluding hydrogens is 210 g/mol. The molecule has 0 bridgehead atoms. The fourth-order valence-electron chi connectivity index (χ4n) is 1.47. The lowest BCUT2D eigenvalue weighted by Gasteiger charge is -2.05. The van der Waals surface area contributed by atoms with Crippen LogP contribution in [0, 0.1) is 6.92 Å². The van der Waals surface area contributed by atoms with Crippen LogP contribution in [0.25, 0.3) is 10.2 Å². The molecule has 78 valence electrons. The summed E-state index contributed by atoms with van der Waals surface area (Å²) < 4.78 is 1.11. The number of thiazole rings is 1. The average Bonchev–Trinajstić information content (AvgIpc) is 2.55. The van der Waals surface area contributed by atoms with Crippen molar-refractivity contribution in [2.45, 2.75) is 19.8 Å². The number of aryl methyl sites for hydroxylation is 1. The molecule has 0 radical (unpaired) electrons. The number of benzene rings is 1. The van der Waals surface area contributed by atoms with E-state index in [1.54, 1.807) is 18.3 Å². The van der Waals surface area contributed by atoms with E-state index in [1.165, 1.54) is 0 Å². The summed E-state index contributed by atoms with van der Waals surface area (Å²) in [5, 5.41) is 9.90. The van der Waals surface area contributed by atoms with E-state index in [4.69, 9.17) is 5.11 Å². The van der Waals surface area contributed by atoms with Crippen molar-refractivity contribution in [3.63, 3.8) is 0 Å². The zero-order valence-corrected chi connectivity index (χ0v) is 9.34. The summed E-state index contributed by atoms with van der Waals surface area (Å²) in [6, 6.07) is 5.66. The number of rotatable bonds is 2. The first-order chi connectivity index (χ1) is 7.08. The van der Waals surface area contributed by atoms with E-state index in [0.29, 0.717) is 0 Å². The lowest BCUT2D eigenvalue weighted by Crippen LogP contribution is -2.06. The number of hydrogen-bond donors (Lipinski definition) is 1. The lowest BCUT2D eigenvalue weighted by molar-refractivity contribution is -0.138. The van der Waals surface area contributed by atoms with Crippen LogP contribution in [0.3, 0.4) is 0 Å². The summed E-state index contributed by atoms with van der Waals surface area (Å²) in [4.78, 5) is 15.2. The molecule has 0 fully saturated rings. The van der Waals surface area contributed by atoms with Gasteiger partial charge in [-0.2, -0.15) is 0 Å². The van der Waals surface area contributed by atoms with Crippen LogP contribution in [-0.2, 0) is 4.79 Å². The van der Waals surface area contributed by atoms with Crippen molar-refractivity contribution in [2.24, 2.45) is 0 Å². The summed E-state index contributed by atoms with van der Waals surface area (Å²) >= 11 is 1.62. The Morgan fingerprint density at radius 1 is 1.53 bits per heavy atom. The van der Waals surface area contributed by atoms with Crippen LogP contribution in [0.1, 0.15) is 23.4 Å². The Labute approximate surface area is 91.4 Å². The molecular formula is C11H11NO2S. The third-order valence-electron chi connectivity index (χ3n) is 2.39. The summed E-state index contributed by atoms with van der Waals surface area (Å²) in [6.07, 6.45) is 0. The highest BCUT2D eigenvalue weighted by Gasteiger charge is 2.14. The largest absolute Gasteiger partial charge is 0.481 e. The van der Waals surface area contributed by atoms with Gasteiger partial charge in [-0.3, -0.25) is 4.79 Å². The van der Waals surface area contributed by atoms with E-state index >= 15 is 0 Å². The average molecular weight is 221 g/mol. The Bertz CT molecular complexity index is 518. The normalized spacial score (nSPS) is 12.9. The van der Waals surface area contributed by atoms with Crippen LogP contribution in [0.15, 0.2) is 18.2 Å². The zero-order chi connectivity index (χ0) is 11.0. The van der Waals surface area contributed by atoms with Crippen molar-refractivity contribution in [1.29, 1.82) is 0 Å². The fraction of sp³-hybridized carbons (Fsp3) is 0.273. The first kappa shape index (κ1) is 10.1. The van der Waals surface area contributed by atoms with Crippen molar-refractivity contribution in [2.75, 3.05) is 0 Å². The van der Waals surface area contributed by atoms with Gasteiger partial charge in [-0.25, -0.2) is 4.98 Å². The Morgan fingerprint density at radius 2 is 2.27 bits per heavy atom.